The predicted molar refractivity (Wildman–Crippen MR) is 186 cm³/mol. The first-order valence-corrected chi connectivity index (χ1v) is 18.2. The number of amides is 1. The number of benzene rings is 1. The molecule has 12 heteroatoms. The van der Waals surface area contributed by atoms with Crippen LogP contribution in [-0.4, -0.2) is 80.3 Å². The fraction of sp³-hybridized carbons (Fsp3) is 0.590. The Morgan fingerprint density at radius 2 is 1.82 bits per heavy atom. The lowest BCUT2D eigenvalue weighted by Crippen LogP contribution is -2.48. The van der Waals surface area contributed by atoms with E-state index in [9.17, 15) is 24.3 Å². The summed E-state index contributed by atoms with van der Waals surface area (Å²) in [6, 6.07) is 8.14. The Hall–Kier alpha value is -4.48. The van der Waals surface area contributed by atoms with Crippen LogP contribution in [0.5, 0.6) is 11.5 Å². The van der Waals surface area contributed by atoms with E-state index in [1.807, 2.05) is 39.8 Å². The van der Waals surface area contributed by atoms with Gasteiger partial charge in [-0.2, -0.15) is 5.10 Å². The van der Waals surface area contributed by atoms with Crippen molar-refractivity contribution in [1.82, 2.24) is 19.7 Å². The van der Waals surface area contributed by atoms with Crippen molar-refractivity contribution >= 4 is 34.5 Å². The number of Topliss-reactive ketones (excluding diaryl/α,β-unsaturated/α-hetero) is 1. The third kappa shape index (κ3) is 6.93. The molecule has 1 saturated heterocycles. The van der Waals surface area contributed by atoms with Crippen LogP contribution in [0.25, 0.3) is 16.7 Å². The highest BCUT2D eigenvalue weighted by Crippen LogP contribution is 2.58. The number of esters is 1. The third-order valence-electron chi connectivity index (χ3n) is 11.8. The number of rotatable bonds is 13. The summed E-state index contributed by atoms with van der Waals surface area (Å²) in [6.45, 7) is 7.77. The first-order valence-electron chi connectivity index (χ1n) is 18.2. The molecular weight excluding hydrogens is 652 g/mol. The number of ketones is 1. The van der Waals surface area contributed by atoms with Crippen LogP contribution in [0, 0.1) is 34.5 Å². The van der Waals surface area contributed by atoms with E-state index in [0.717, 1.165) is 12.8 Å². The van der Waals surface area contributed by atoms with Gasteiger partial charge in [0.05, 0.1) is 43.0 Å². The number of carboxylic acids is 1. The summed E-state index contributed by atoms with van der Waals surface area (Å²) >= 11 is 0. The molecular formula is C39H48N4O8. The third-order valence-corrected chi connectivity index (χ3v) is 11.8. The van der Waals surface area contributed by atoms with Gasteiger partial charge in [-0.1, -0.05) is 34.1 Å². The highest BCUT2D eigenvalue weighted by molar-refractivity contribution is 5.95. The number of ether oxygens (including phenoxy) is 3. The number of carbonyl (C=O) groups is 4. The van der Waals surface area contributed by atoms with Crippen LogP contribution in [0.15, 0.2) is 42.7 Å². The van der Waals surface area contributed by atoms with Gasteiger partial charge in [0.1, 0.15) is 23.7 Å². The van der Waals surface area contributed by atoms with Crippen LogP contribution in [-0.2, 0) is 23.9 Å². The molecule has 3 saturated carbocycles. The fourth-order valence-corrected chi connectivity index (χ4v) is 8.54. The SMILES string of the molecule is CC[C@@H]1C[C@]1(CC(=O)[C@@H]1C[C@@H](Oc2cc(-n3cccn3)nc3cc(OC)ccc23)CN1C(=O)C(CC(=O)OC1C[C@@H]2C[C@@H]2C1)C(C)(C)C)C(=O)O. The van der Waals surface area contributed by atoms with Crippen molar-refractivity contribution in [3.8, 4) is 17.3 Å². The number of aliphatic carboxylic acids is 1. The maximum atomic E-state index is 14.6. The molecule has 51 heavy (non-hydrogen) atoms. The number of nitrogens with zero attached hydrogens (tertiary/aromatic N) is 4. The van der Waals surface area contributed by atoms with Crippen molar-refractivity contribution in [1.29, 1.82) is 0 Å². The van der Waals surface area contributed by atoms with E-state index < -0.39 is 40.8 Å². The second-order valence-corrected chi connectivity index (χ2v) is 16.2. The molecule has 2 unspecified atom stereocenters. The first-order chi connectivity index (χ1) is 24.3. The second kappa shape index (κ2) is 13.2. The van der Waals surface area contributed by atoms with Crippen LogP contribution in [0.3, 0.4) is 0 Å². The minimum atomic E-state index is -1.12. The quantitative estimate of drug-likeness (QED) is 0.222. The number of carbonyl (C=O) groups excluding carboxylic acids is 3. The average Bonchev–Trinajstić information content (AvgIpc) is 3.70. The lowest BCUT2D eigenvalue weighted by atomic mass is 9.77. The Balaban J connectivity index is 1.18. The van der Waals surface area contributed by atoms with Gasteiger partial charge >= 0.3 is 11.9 Å². The minimum absolute atomic E-state index is 0.0869. The Labute approximate surface area is 297 Å². The number of hydrogen-bond donors (Lipinski definition) is 1. The molecule has 2 aromatic heterocycles. The molecule has 3 heterocycles. The number of fused-ring (bicyclic) bond motifs is 2. The normalized spacial score (nSPS) is 28.6. The van der Waals surface area contributed by atoms with E-state index in [1.54, 1.807) is 47.3 Å². The number of pyridine rings is 1. The highest BCUT2D eigenvalue weighted by atomic mass is 16.5. The largest absolute Gasteiger partial charge is 0.497 e. The second-order valence-electron chi connectivity index (χ2n) is 16.2. The molecule has 12 nitrogen and oxygen atoms in total. The van der Waals surface area contributed by atoms with Crippen LogP contribution >= 0.6 is 0 Å². The number of carboxylic acid groups (broad SMARTS) is 1. The molecule has 1 aliphatic heterocycles. The van der Waals surface area contributed by atoms with Crippen molar-refractivity contribution in [2.45, 2.75) is 97.3 Å². The monoisotopic (exact) mass is 700 g/mol. The molecule has 1 amide bonds. The van der Waals surface area contributed by atoms with Crippen LogP contribution < -0.4 is 9.47 Å². The van der Waals surface area contributed by atoms with Gasteiger partial charge in [0, 0.05) is 42.8 Å². The molecule has 0 bridgehead atoms. The first kappa shape index (κ1) is 34.9. The Bertz CT molecular complexity index is 1830. The lowest BCUT2D eigenvalue weighted by molar-refractivity contribution is -0.157. The Kier molecular flexibility index (Phi) is 9.08. The predicted octanol–water partition coefficient (Wildman–Crippen LogP) is 5.63. The molecule has 8 atom stereocenters. The van der Waals surface area contributed by atoms with Gasteiger partial charge in [-0.05, 0) is 67.1 Å². The smallest absolute Gasteiger partial charge is 0.310 e. The summed E-state index contributed by atoms with van der Waals surface area (Å²) in [5.41, 5.74) is -1.12. The molecule has 0 radical (unpaired) electrons. The van der Waals surface area contributed by atoms with Gasteiger partial charge in [-0.15, -0.1) is 0 Å². The zero-order valence-electron chi connectivity index (χ0n) is 30.0. The molecule has 1 aromatic carbocycles. The zero-order valence-corrected chi connectivity index (χ0v) is 30.0. The molecule has 0 spiro atoms. The Morgan fingerprint density at radius 1 is 1.06 bits per heavy atom. The summed E-state index contributed by atoms with van der Waals surface area (Å²) in [5.74, 6) is 0.0992. The molecule has 1 N–H and O–H groups in total. The fourth-order valence-electron chi connectivity index (χ4n) is 8.54. The van der Waals surface area contributed by atoms with Crippen LogP contribution in [0.1, 0.15) is 79.1 Å². The van der Waals surface area contributed by atoms with Crippen molar-refractivity contribution in [2.24, 2.45) is 34.5 Å². The highest BCUT2D eigenvalue weighted by Gasteiger charge is 2.61. The van der Waals surface area contributed by atoms with E-state index in [0.29, 0.717) is 52.9 Å². The number of hydrogen-bond acceptors (Lipinski definition) is 9. The summed E-state index contributed by atoms with van der Waals surface area (Å²) in [4.78, 5) is 60.8. The molecule has 7 rings (SSSR count). The maximum absolute atomic E-state index is 14.6. The average molecular weight is 701 g/mol. The Morgan fingerprint density at radius 3 is 2.45 bits per heavy atom. The zero-order chi connectivity index (χ0) is 36.2. The van der Waals surface area contributed by atoms with Crippen molar-refractivity contribution in [3.63, 3.8) is 0 Å². The van der Waals surface area contributed by atoms with Crippen LogP contribution in [0.4, 0.5) is 0 Å². The topological polar surface area (TPSA) is 150 Å². The minimum Gasteiger partial charge on any atom is -0.497 e. The molecule has 3 aromatic rings. The maximum Gasteiger partial charge on any atom is 0.310 e. The van der Waals surface area contributed by atoms with Gasteiger partial charge < -0.3 is 24.2 Å². The van der Waals surface area contributed by atoms with E-state index in [1.165, 1.54) is 6.42 Å². The number of aromatic nitrogens is 3. The summed E-state index contributed by atoms with van der Waals surface area (Å²) in [5, 5.41) is 15.2. The number of methoxy groups -OCH3 is 1. The van der Waals surface area contributed by atoms with Crippen LogP contribution in [0.2, 0.25) is 0 Å². The van der Waals surface area contributed by atoms with Gasteiger partial charge in [0.2, 0.25) is 5.91 Å². The van der Waals surface area contributed by atoms with Gasteiger partial charge in [-0.25, -0.2) is 9.67 Å². The van der Waals surface area contributed by atoms with Crippen molar-refractivity contribution in [3.05, 3.63) is 42.7 Å². The van der Waals surface area contributed by atoms with E-state index in [2.05, 4.69) is 5.10 Å². The molecule has 272 valence electrons. The van der Waals surface area contributed by atoms with E-state index in [-0.39, 0.29) is 49.5 Å². The summed E-state index contributed by atoms with van der Waals surface area (Å²) in [6.07, 6.45) is 6.73. The molecule has 4 fully saturated rings. The summed E-state index contributed by atoms with van der Waals surface area (Å²) < 4.78 is 19.6. The molecule has 4 aliphatic rings. The van der Waals surface area contributed by atoms with Crippen molar-refractivity contribution < 1.29 is 38.5 Å². The molecule has 3 aliphatic carbocycles. The van der Waals surface area contributed by atoms with E-state index in [4.69, 9.17) is 19.2 Å². The van der Waals surface area contributed by atoms with E-state index >= 15 is 0 Å². The van der Waals surface area contributed by atoms with Gasteiger partial charge in [-0.3, -0.25) is 19.2 Å². The standard InChI is InChI=1S/C39H48N4O8/c1-6-24-19-39(24,37(47)48)20-32(44)31-16-27(50-33-18-34(43-11-7-10-40-43)41-30-15-25(49-5)8-9-28(30)33)21-42(31)36(46)29(38(2,3)4)17-35(45)51-26-13-22-12-23(22)14-26/h7-11,15,18,22-24,26-27,29,31H,6,12-14,16-17,19-21H2,1-5H3,(H,47,48)/t22-,23+,24-,26?,27-,29?,31+,39-/m1/s1. The van der Waals surface area contributed by atoms with Gasteiger partial charge in [0.15, 0.2) is 11.6 Å². The lowest BCUT2D eigenvalue weighted by Gasteiger charge is -2.35. The summed E-state index contributed by atoms with van der Waals surface area (Å²) in [7, 11) is 1.58. The van der Waals surface area contributed by atoms with Gasteiger partial charge in [0.25, 0.3) is 0 Å². The van der Waals surface area contributed by atoms with Crippen molar-refractivity contribution in [2.75, 3.05) is 13.7 Å². The number of likely N-dealkylation sites (tertiary alicyclic amines) is 1.